The van der Waals surface area contributed by atoms with Gasteiger partial charge >= 0.3 is 0 Å². The normalized spacial score (nSPS) is 12.7. The number of hydrogen-bond acceptors (Lipinski definition) is 5. The smallest absolute Gasteiger partial charge is 0.256 e. The van der Waals surface area contributed by atoms with E-state index in [2.05, 4.69) is 52.4 Å². The molecule has 0 unspecified atom stereocenters. The first-order valence-electron chi connectivity index (χ1n) is 11.4. The lowest BCUT2D eigenvalue weighted by atomic mass is 9.34. The van der Waals surface area contributed by atoms with Gasteiger partial charge in [0.15, 0.2) is 0 Å². The predicted molar refractivity (Wildman–Crippen MR) is 138 cm³/mol. The van der Waals surface area contributed by atoms with Crippen molar-refractivity contribution in [1.29, 1.82) is 5.26 Å². The molecule has 2 aliphatic heterocycles. The van der Waals surface area contributed by atoms with Crippen LogP contribution in [0.2, 0.25) is 0 Å². The van der Waals surface area contributed by atoms with Crippen molar-refractivity contribution in [2.24, 2.45) is 0 Å². The Balaban J connectivity index is 1.51. The van der Waals surface area contributed by atoms with E-state index in [4.69, 9.17) is 9.72 Å². The van der Waals surface area contributed by atoms with Crippen LogP contribution in [0.5, 0.6) is 11.5 Å². The molecule has 2 aliphatic rings. The number of para-hydroxylation sites is 2. The van der Waals surface area contributed by atoms with Crippen LogP contribution in [0.25, 0.3) is 11.3 Å². The van der Waals surface area contributed by atoms with E-state index in [1.807, 2.05) is 60.7 Å². The number of anilines is 3. The summed E-state index contributed by atoms with van der Waals surface area (Å²) in [4.78, 5) is 11.6. The van der Waals surface area contributed by atoms with Gasteiger partial charge in [-0.05, 0) is 40.7 Å². The number of ether oxygens (including phenoxy) is 1. The third kappa shape index (κ3) is 2.95. The van der Waals surface area contributed by atoms with Crippen LogP contribution in [0.4, 0.5) is 17.3 Å². The van der Waals surface area contributed by atoms with Crippen LogP contribution >= 0.6 is 0 Å². The third-order valence-corrected chi connectivity index (χ3v) is 6.61. The van der Waals surface area contributed by atoms with Crippen molar-refractivity contribution in [1.82, 2.24) is 9.97 Å². The van der Waals surface area contributed by atoms with Crippen molar-refractivity contribution in [3.05, 3.63) is 109 Å². The molecule has 0 N–H and O–H groups in total. The monoisotopic (exact) mass is 448 g/mol. The predicted octanol–water partition coefficient (Wildman–Crippen LogP) is 4.42. The van der Waals surface area contributed by atoms with Crippen LogP contribution in [0.15, 0.2) is 103 Å². The number of fused-ring (bicyclic) bond motifs is 4. The highest BCUT2D eigenvalue weighted by molar-refractivity contribution is 6.99. The standard InChI is InChI=1S/C29H17BN4O/c31-18-20-17-23(19-9-2-1-3-10-19)33-29(32-20)34-24-13-6-4-11-21(24)30-22-12-5-7-15-26(22)35-27-16-8-14-25(34)28(27)30/h1-17H. The van der Waals surface area contributed by atoms with Crippen molar-refractivity contribution in [2.75, 3.05) is 4.90 Å². The zero-order valence-electron chi connectivity index (χ0n) is 18.6. The van der Waals surface area contributed by atoms with E-state index >= 15 is 0 Å². The first kappa shape index (κ1) is 19.6. The lowest BCUT2D eigenvalue weighted by Crippen LogP contribution is -2.59. The van der Waals surface area contributed by atoms with Gasteiger partial charge in [0.2, 0.25) is 5.95 Å². The van der Waals surface area contributed by atoms with Crippen molar-refractivity contribution in [2.45, 2.75) is 0 Å². The maximum Gasteiger partial charge on any atom is 0.256 e. The van der Waals surface area contributed by atoms with Crippen molar-refractivity contribution >= 4 is 40.4 Å². The van der Waals surface area contributed by atoms with Crippen LogP contribution in [0.1, 0.15) is 5.69 Å². The highest BCUT2D eigenvalue weighted by atomic mass is 16.5. The van der Waals surface area contributed by atoms with Crippen LogP contribution < -0.4 is 26.0 Å². The van der Waals surface area contributed by atoms with Crippen LogP contribution in [-0.2, 0) is 0 Å². The van der Waals surface area contributed by atoms with Crippen molar-refractivity contribution < 1.29 is 4.74 Å². The molecule has 0 bridgehead atoms. The molecule has 0 amide bonds. The van der Waals surface area contributed by atoms with E-state index < -0.39 is 0 Å². The Kier molecular flexibility index (Phi) is 4.24. The summed E-state index contributed by atoms with van der Waals surface area (Å²) >= 11 is 0. The van der Waals surface area contributed by atoms with Gasteiger partial charge < -0.3 is 4.74 Å². The van der Waals surface area contributed by atoms with Gasteiger partial charge in [-0.25, -0.2) is 9.97 Å². The maximum absolute atomic E-state index is 9.79. The molecule has 5 aromatic rings. The SMILES string of the molecule is N#Cc1cc(-c2ccccc2)nc(N2c3ccccc3B3c4ccccc4Oc4cccc2c43)n1. The van der Waals surface area contributed by atoms with Crippen molar-refractivity contribution in [3.63, 3.8) is 0 Å². The summed E-state index contributed by atoms with van der Waals surface area (Å²) in [6.45, 7) is 0.0337. The largest absolute Gasteiger partial charge is 0.458 e. The molecule has 1 aromatic heterocycles. The second kappa shape index (κ2) is 7.58. The van der Waals surface area contributed by atoms with Gasteiger partial charge in [-0.2, -0.15) is 5.26 Å². The quantitative estimate of drug-likeness (QED) is 0.367. The molecule has 6 heteroatoms. The summed E-state index contributed by atoms with van der Waals surface area (Å²) < 4.78 is 6.34. The minimum Gasteiger partial charge on any atom is -0.458 e. The second-order valence-corrected chi connectivity index (χ2v) is 8.57. The molecule has 162 valence electrons. The Morgan fingerprint density at radius 1 is 0.714 bits per heavy atom. The Hall–Kier alpha value is -4.89. The molecule has 7 rings (SSSR count). The minimum absolute atomic E-state index is 0.0337. The first-order chi connectivity index (χ1) is 17.3. The summed E-state index contributed by atoms with van der Waals surface area (Å²) in [5.74, 6) is 2.16. The number of hydrogen-bond donors (Lipinski definition) is 0. The summed E-state index contributed by atoms with van der Waals surface area (Å²) in [6.07, 6.45) is 0. The molecule has 0 aliphatic carbocycles. The number of nitrogens with zero attached hydrogens (tertiary/aromatic N) is 4. The van der Waals surface area contributed by atoms with Gasteiger partial charge in [0, 0.05) is 23.0 Å². The number of benzene rings is 4. The van der Waals surface area contributed by atoms with Crippen molar-refractivity contribution in [3.8, 4) is 28.8 Å². The van der Waals surface area contributed by atoms with E-state index in [0.29, 0.717) is 17.3 Å². The molecule has 3 heterocycles. The summed E-state index contributed by atoms with van der Waals surface area (Å²) in [5.41, 5.74) is 7.27. The Labute approximate surface area is 203 Å². The molecule has 4 aromatic carbocycles. The van der Waals surface area contributed by atoms with E-state index in [-0.39, 0.29) is 6.71 Å². The average molecular weight is 448 g/mol. The van der Waals surface area contributed by atoms with Gasteiger partial charge in [0.1, 0.15) is 23.3 Å². The average Bonchev–Trinajstić information content (AvgIpc) is 2.93. The molecule has 35 heavy (non-hydrogen) atoms. The van der Waals surface area contributed by atoms with E-state index in [0.717, 1.165) is 44.8 Å². The highest BCUT2D eigenvalue weighted by Crippen LogP contribution is 2.39. The molecular formula is C29H17BN4O. The number of aromatic nitrogens is 2. The Morgan fingerprint density at radius 2 is 1.43 bits per heavy atom. The fourth-order valence-corrected chi connectivity index (χ4v) is 5.14. The summed E-state index contributed by atoms with van der Waals surface area (Å²) in [5, 5.41) is 9.79. The lowest BCUT2D eigenvalue weighted by molar-refractivity contribution is 0.487. The molecule has 0 atom stereocenters. The van der Waals surface area contributed by atoms with Gasteiger partial charge in [-0.1, -0.05) is 72.8 Å². The van der Waals surface area contributed by atoms with Gasteiger partial charge in [0.25, 0.3) is 6.71 Å². The first-order valence-corrected chi connectivity index (χ1v) is 11.4. The van der Waals surface area contributed by atoms with Crippen LogP contribution in [-0.4, -0.2) is 16.7 Å². The molecule has 0 radical (unpaired) electrons. The van der Waals surface area contributed by atoms with Gasteiger partial charge in [-0.3, -0.25) is 4.90 Å². The fourth-order valence-electron chi connectivity index (χ4n) is 5.14. The maximum atomic E-state index is 9.79. The third-order valence-electron chi connectivity index (χ3n) is 6.61. The summed E-state index contributed by atoms with van der Waals surface area (Å²) in [7, 11) is 0. The topological polar surface area (TPSA) is 62.0 Å². The highest BCUT2D eigenvalue weighted by Gasteiger charge is 2.41. The molecule has 0 spiro atoms. The Morgan fingerprint density at radius 3 is 2.29 bits per heavy atom. The van der Waals surface area contributed by atoms with Gasteiger partial charge in [-0.15, -0.1) is 0 Å². The van der Waals surface area contributed by atoms with Crippen LogP contribution in [0.3, 0.4) is 0 Å². The van der Waals surface area contributed by atoms with Gasteiger partial charge in [0.05, 0.1) is 5.69 Å². The number of nitriles is 1. The molecule has 0 saturated carbocycles. The molecule has 5 nitrogen and oxygen atoms in total. The molecule has 0 fully saturated rings. The molecule has 0 saturated heterocycles. The number of rotatable bonds is 2. The summed E-state index contributed by atoms with van der Waals surface area (Å²) in [6, 6.07) is 36.4. The fraction of sp³-hybridized carbons (Fsp3) is 0. The molecular weight excluding hydrogens is 431 g/mol. The minimum atomic E-state index is 0.0337. The Bertz CT molecular complexity index is 1660. The second-order valence-electron chi connectivity index (χ2n) is 8.57. The van der Waals surface area contributed by atoms with E-state index in [9.17, 15) is 5.26 Å². The lowest BCUT2D eigenvalue weighted by Gasteiger charge is -2.38. The van der Waals surface area contributed by atoms with Crippen LogP contribution in [0, 0.1) is 11.3 Å². The zero-order chi connectivity index (χ0) is 23.4. The van der Waals surface area contributed by atoms with E-state index in [1.54, 1.807) is 6.07 Å². The zero-order valence-corrected chi connectivity index (χ0v) is 18.6. The van der Waals surface area contributed by atoms with E-state index in [1.165, 1.54) is 0 Å².